The molecule has 0 unspecified atom stereocenters. The van der Waals surface area contributed by atoms with Gasteiger partial charge in [0.15, 0.2) is 0 Å². The second-order valence-corrected chi connectivity index (χ2v) is 5.04. The molecule has 5 heteroatoms. The molecule has 1 rings (SSSR count). The van der Waals surface area contributed by atoms with Crippen LogP contribution in [0.3, 0.4) is 0 Å². The molecule has 1 heterocycles. The number of piperidine rings is 1. The Morgan fingerprint density at radius 1 is 1.33 bits per heavy atom. The van der Waals surface area contributed by atoms with Crippen molar-refractivity contribution >= 4 is 12.0 Å². The van der Waals surface area contributed by atoms with Crippen molar-refractivity contribution in [3.63, 3.8) is 0 Å². The van der Waals surface area contributed by atoms with Crippen LogP contribution in [0.4, 0.5) is 4.79 Å². The number of hydrogen-bond acceptors (Lipinski definition) is 2. The summed E-state index contributed by atoms with van der Waals surface area (Å²) in [6, 6.07) is 0.0370. The van der Waals surface area contributed by atoms with E-state index in [1.807, 2.05) is 4.90 Å². The lowest BCUT2D eigenvalue weighted by Crippen LogP contribution is -2.45. The normalized spacial score (nSPS) is 16.7. The van der Waals surface area contributed by atoms with Gasteiger partial charge in [-0.05, 0) is 25.2 Å². The first kappa shape index (κ1) is 14.8. The monoisotopic (exact) mass is 256 g/mol. The molecule has 1 aliphatic rings. The summed E-state index contributed by atoms with van der Waals surface area (Å²) < 4.78 is 0. The fraction of sp³-hybridized carbons (Fsp3) is 0.846. The van der Waals surface area contributed by atoms with Gasteiger partial charge in [-0.3, -0.25) is 4.79 Å². The molecule has 1 aliphatic heterocycles. The van der Waals surface area contributed by atoms with Gasteiger partial charge >= 0.3 is 12.0 Å². The zero-order valence-corrected chi connectivity index (χ0v) is 11.4. The van der Waals surface area contributed by atoms with Gasteiger partial charge in [0.2, 0.25) is 0 Å². The quantitative estimate of drug-likeness (QED) is 0.818. The summed E-state index contributed by atoms with van der Waals surface area (Å²) in [5.41, 5.74) is 0. The Hall–Kier alpha value is -1.26. The molecule has 0 saturated carbocycles. The average molecular weight is 256 g/mol. The van der Waals surface area contributed by atoms with Crippen LogP contribution in [0.5, 0.6) is 0 Å². The number of carbonyl (C=O) groups is 2. The van der Waals surface area contributed by atoms with E-state index >= 15 is 0 Å². The molecule has 0 aromatic rings. The predicted octanol–water partition coefficient (Wildman–Crippen LogP) is 2.03. The minimum Gasteiger partial charge on any atom is -0.481 e. The van der Waals surface area contributed by atoms with E-state index in [9.17, 15) is 9.59 Å². The summed E-state index contributed by atoms with van der Waals surface area (Å²) >= 11 is 0. The maximum absolute atomic E-state index is 12.1. The third kappa shape index (κ3) is 4.55. The highest BCUT2D eigenvalue weighted by Gasteiger charge is 2.23. The molecule has 0 atom stereocenters. The van der Waals surface area contributed by atoms with Gasteiger partial charge in [0.1, 0.15) is 0 Å². The van der Waals surface area contributed by atoms with E-state index in [-0.39, 0.29) is 12.5 Å². The molecule has 1 saturated heterocycles. The first-order valence-electron chi connectivity index (χ1n) is 6.76. The predicted molar refractivity (Wildman–Crippen MR) is 69.5 cm³/mol. The fourth-order valence-corrected chi connectivity index (χ4v) is 2.34. The lowest BCUT2D eigenvalue weighted by molar-refractivity contribution is -0.137. The lowest BCUT2D eigenvalue weighted by Gasteiger charge is -2.34. The summed E-state index contributed by atoms with van der Waals surface area (Å²) in [5.74, 6) is -0.0500. The zero-order valence-electron chi connectivity index (χ0n) is 11.4. The molecular formula is C13H24N2O3. The van der Waals surface area contributed by atoms with Crippen LogP contribution in [0.1, 0.15) is 39.0 Å². The third-order valence-corrected chi connectivity index (χ3v) is 3.67. The highest BCUT2D eigenvalue weighted by molar-refractivity contribution is 5.74. The third-order valence-electron chi connectivity index (χ3n) is 3.67. The Balaban J connectivity index is 2.28. The van der Waals surface area contributed by atoms with E-state index in [2.05, 4.69) is 6.92 Å². The highest BCUT2D eigenvalue weighted by Crippen LogP contribution is 2.20. The summed E-state index contributed by atoms with van der Waals surface area (Å²) in [7, 11) is 1.75. The van der Waals surface area contributed by atoms with Gasteiger partial charge in [0.25, 0.3) is 0 Å². The maximum atomic E-state index is 12.1. The molecule has 1 N–H and O–H groups in total. The zero-order chi connectivity index (χ0) is 13.5. The Kier molecular flexibility index (Phi) is 5.95. The number of carbonyl (C=O) groups excluding carboxylic acids is 1. The van der Waals surface area contributed by atoms with E-state index in [0.717, 1.165) is 31.8 Å². The van der Waals surface area contributed by atoms with Crippen LogP contribution in [0.15, 0.2) is 0 Å². The van der Waals surface area contributed by atoms with Crippen LogP contribution >= 0.6 is 0 Å². The maximum Gasteiger partial charge on any atom is 0.319 e. The minimum absolute atomic E-state index is 0.0370. The van der Waals surface area contributed by atoms with E-state index in [4.69, 9.17) is 5.11 Å². The van der Waals surface area contributed by atoms with Crippen molar-refractivity contribution in [2.24, 2.45) is 5.92 Å². The number of likely N-dealkylation sites (tertiary alicyclic amines) is 1. The van der Waals surface area contributed by atoms with Gasteiger partial charge in [-0.15, -0.1) is 0 Å². The Labute approximate surface area is 109 Å². The Morgan fingerprint density at radius 2 is 1.94 bits per heavy atom. The molecule has 0 aromatic heterocycles. The molecule has 0 aromatic carbocycles. The summed E-state index contributed by atoms with van der Waals surface area (Å²) in [5, 5.41) is 8.56. The molecule has 2 amide bonds. The van der Waals surface area contributed by atoms with Crippen molar-refractivity contribution in [1.82, 2.24) is 9.80 Å². The van der Waals surface area contributed by atoms with Gasteiger partial charge in [-0.25, -0.2) is 4.79 Å². The largest absolute Gasteiger partial charge is 0.481 e. The number of nitrogens with zero attached hydrogens (tertiary/aromatic N) is 2. The number of aliphatic carboxylic acids is 1. The first-order chi connectivity index (χ1) is 8.54. The molecule has 18 heavy (non-hydrogen) atoms. The number of amides is 2. The second-order valence-electron chi connectivity index (χ2n) is 5.04. The van der Waals surface area contributed by atoms with Crippen LogP contribution in [0.25, 0.3) is 0 Å². The van der Waals surface area contributed by atoms with Gasteiger partial charge in [-0.2, -0.15) is 0 Å². The average Bonchev–Trinajstić information content (AvgIpc) is 2.37. The molecule has 0 radical (unpaired) electrons. The molecule has 1 fully saturated rings. The van der Waals surface area contributed by atoms with Crippen molar-refractivity contribution in [2.45, 2.75) is 39.0 Å². The number of carboxylic acid groups (broad SMARTS) is 1. The summed E-state index contributed by atoms with van der Waals surface area (Å²) in [4.78, 5) is 26.0. The Bertz CT molecular complexity index is 286. The molecule has 0 spiro atoms. The van der Waals surface area contributed by atoms with E-state index in [0.29, 0.717) is 13.0 Å². The minimum atomic E-state index is -0.806. The lowest BCUT2D eigenvalue weighted by atomic mass is 9.95. The van der Waals surface area contributed by atoms with Crippen LogP contribution in [0.2, 0.25) is 0 Å². The van der Waals surface area contributed by atoms with Gasteiger partial charge in [0.05, 0.1) is 0 Å². The molecule has 5 nitrogen and oxygen atoms in total. The van der Waals surface area contributed by atoms with Crippen LogP contribution < -0.4 is 0 Å². The Morgan fingerprint density at radius 3 is 2.44 bits per heavy atom. The van der Waals surface area contributed by atoms with E-state index in [1.54, 1.807) is 11.9 Å². The van der Waals surface area contributed by atoms with Gasteiger partial charge < -0.3 is 14.9 Å². The fourth-order valence-electron chi connectivity index (χ4n) is 2.34. The number of hydrogen-bond donors (Lipinski definition) is 1. The van der Waals surface area contributed by atoms with E-state index in [1.165, 1.54) is 6.42 Å². The molecule has 0 aliphatic carbocycles. The van der Waals surface area contributed by atoms with Crippen LogP contribution in [0, 0.1) is 5.92 Å². The number of carboxylic acids is 1. The van der Waals surface area contributed by atoms with Crippen molar-refractivity contribution in [3.8, 4) is 0 Å². The molecule has 0 bridgehead atoms. The second kappa shape index (κ2) is 7.24. The van der Waals surface area contributed by atoms with Gasteiger partial charge in [-0.1, -0.05) is 13.3 Å². The van der Waals surface area contributed by atoms with Crippen molar-refractivity contribution in [1.29, 1.82) is 0 Å². The summed E-state index contributed by atoms with van der Waals surface area (Å²) in [6.45, 7) is 4.38. The summed E-state index contributed by atoms with van der Waals surface area (Å²) in [6.07, 6.45) is 4.01. The highest BCUT2D eigenvalue weighted by atomic mass is 16.4. The number of rotatable bonds is 5. The topological polar surface area (TPSA) is 60.9 Å². The molecule has 104 valence electrons. The van der Waals surface area contributed by atoms with Crippen molar-refractivity contribution in [2.75, 3.05) is 26.7 Å². The van der Waals surface area contributed by atoms with Crippen LogP contribution in [-0.4, -0.2) is 53.6 Å². The van der Waals surface area contributed by atoms with Crippen molar-refractivity contribution < 1.29 is 14.7 Å². The van der Waals surface area contributed by atoms with Gasteiger partial charge in [0, 0.05) is 33.1 Å². The first-order valence-corrected chi connectivity index (χ1v) is 6.76. The standard InChI is InChI=1S/C13H24N2O3/c1-3-11-6-9-15(10-7-11)13(18)14(2)8-4-5-12(16)17/h11H,3-10H2,1-2H3,(H,16,17). The molecular weight excluding hydrogens is 232 g/mol. The SMILES string of the molecule is CCC1CCN(C(=O)N(C)CCCC(=O)O)CC1. The van der Waals surface area contributed by atoms with Crippen LogP contribution in [-0.2, 0) is 4.79 Å². The van der Waals surface area contributed by atoms with Crippen molar-refractivity contribution in [3.05, 3.63) is 0 Å². The smallest absolute Gasteiger partial charge is 0.319 e. The number of urea groups is 1. The van der Waals surface area contributed by atoms with E-state index < -0.39 is 5.97 Å².